The largest absolute Gasteiger partial charge is 1.00 e. The van der Waals surface area contributed by atoms with Gasteiger partial charge in [-0.15, -0.1) is 0 Å². The Labute approximate surface area is 185 Å². The summed E-state index contributed by atoms with van der Waals surface area (Å²) in [6.45, 7) is 7.58. The third kappa shape index (κ3) is 4.97. The molecule has 1 aromatic carbocycles. The first-order valence-corrected chi connectivity index (χ1v) is 9.79. The second-order valence-electron chi connectivity index (χ2n) is 8.91. The molecule has 144 valence electrons. The molecule has 0 heterocycles. The van der Waals surface area contributed by atoms with Gasteiger partial charge in [0, 0.05) is 0 Å². The normalized spacial score (nSPS) is 27.4. The molecule has 3 aliphatic carbocycles. The van der Waals surface area contributed by atoms with E-state index in [2.05, 4.69) is 38.1 Å². The van der Waals surface area contributed by atoms with Crippen LogP contribution in [0, 0.1) is 0 Å². The minimum Gasteiger partial charge on any atom is -0.547 e. The SMILES string of the molecule is CC(C)OC12CCC(c3ccc(COC(C)(C)C(=O)[O-])cc3)(CC1)CC2.[Na+]. The van der Waals surface area contributed by atoms with Crippen LogP contribution >= 0.6 is 0 Å². The van der Waals surface area contributed by atoms with Crippen molar-refractivity contribution in [1.29, 1.82) is 0 Å². The van der Waals surface area contributed by atoms with Gasteiger partial charge in [-0.05, 0) is 82.8 Å². The summed E-state index contributed by atoms with van der Waals surface area (Å²) in [4.78, 5) is 11.0. The predicted octanol–water partition coefficient (Wildman–Crippen LogP) is 0.505. The van der Waals surface area contributed by atoms with Crippen LogP contribution < -0.4 is 34.7 Å². The van der Waals surface area contributed by atoms with Crippen molar-refractivity contribution < 1.29 is 48.9 Å². The smallest absolute Gasteiger partial charge is 0.547 e. The second-order valence-corrected chi connectivity index (χ2v) is 8.91. The zero-order valence-corrected chi connectivity index (χ0v) is 19.5. The first kappa shape index (κ1) is 22.9. The van der Waals surface area contributed by atoms with Crippen LogP contribution in [0.3, 0.4) is 0 Å². The molecular formula is C22H31NaO4. The molecule has 3 saturated carbocycles. The molecule has 4 rings (SSSR count). The zero-order chi connectivity index (χ0) is 19.0. The number of carboxylic acids is 1. The summed E-state index contributed by atoms with van der Waals surface area (Å²) in [6, 6.07) is 8.53. The molecule has 0 saturated heterocycles. The molecule has 0 atom stereocenters. The molecule has 0 spiro atoms. The van der Waals surface area contributed by atoms with Crippen molar-refractivity contribution in [3.8, 4) is 0 Å². The summed E-state index contributed by atoms with van der Waals surface area (Å²) in [5.41, 5.74) is 1.51. The fourth-order valence-corrected chi connectivity index (χ4v) is 4.54. The van der Waals surface area contributed by atoms with Crippen molar-refractivity contribution in [2.24, 2.45) is 0 Å². The van der Waals surface area contributed by atoms with E-state index in [0.717, 1.165) is 24.8 Å². The van der Waals surface area contributed by atoms with Gasteiger partial charge in [-0.25, -0.2) is 0 Å². The summed E-state index contributed by atoms with van der Waals surface area (Å²) in [6.07, 6.45) is 7.31. The van der Waals surface area contributed by atoms with Crippen molar-refractivity contribution in [2.45, 2.75) is 95.5 Å². The Hall–Kier alpha value is -0.390. The zero-order valence-electron chi connectivity index (χ0n) is 17.5. The van der Waals surface area contributed by atoms with Crippen molar-refractivity contribution >= 4 is 5.97 Å². The van der Waals surface area contributed by atoms with Crippen LogP contribution in [0.2, 0.25) is 0 Å². The molecule has 2 bridgehead atoms. The molecule has 27 heavy (non-hydrogen) atoms. The number of hydrogen-bond acceptors (Lipinski definition) is 4. The fraction of sp³-hybridized carbons (Fsp3) is 0.682. The van der Waals surface area contributed by atoms with Gasteiger partial charge in [0.15, 0.2) is 0 Å². The van der Waals surface area contributed by atoms with Crippen molar-refractivity contribution in [1.82, 2.24) is 0 Å². The van der Waals surface area contributed by atoms with Gasteiger partial charge in [0.25, 0.3) is 0 Å². The van der Waals surface area contributed by atoms with Gasteiger partial charge in [-0.3, -0.25) is 0 Å². The number of aliphatic carboxylic acids is 1. The number of ether oxygens (including phenoxy) is 2. The van der Waals surface area contributed by atoms with Gasteiger partial charge >= 0.3 is 29.6 Å². The third-order valence-corrected chi connectivity index (χ3v) is 6.32. The molecule has 3 aliphatic rings. The molecule has 0 unspecified atom stereocenters. The molecule has 0 radical (unpaired) electrons. The maximum atomic E-state index is 11.0. The van der Waals surface area contributed by atoms with Gasteiger partial charge in [0.2, 0.25) is 0 Å². The molecule has 5 heteroatoms. The summed E-state index contributed by atoms with van der Waals surface area (Å²) < 4.78 is 11.8. The number of benzene rings is 1. The topological polar surface area (TPSA) is 58.6 Å². The van der Waals surface area contributed by atoms with Gasteiger partial charge in [0.1, 0.15) is 5.60 Å². The summed E-state index contributed by atoms with van der Waals surface area (Å²) in [5, 5.41) is 11.0. The Balaban J connectivity index is 0.00000261. The Kier molecular flexibility index (Phi) is 7.24. The van der Waals surface area contributed by atoms with Gasteiger partial charge in [-0.2, -0.15) is 0 Å². The van der Waals surface area contributed by atoms with Crippen LogP contribution in [0.15, 0.2) is 24.3 Å². The summed E-state index contributed by atoms with van der Waals surface area (Å²) in [5.74, 6) is -1.19. The van der Waals surface area contributed by atoms with Crippen LogP contribution in [0.5, 0.6) is 0 Å². The van der Waals surface area contributed by atoms with Gasteiger partial charge in [0.05, 0.1) is 24.3 Å². The van der Waals surface area contributed by atoms with E-state index in [1.54, 1.807) is 0 Å². The van der Waals surface area contributed by atoms with E-state index < -0.39 is 11.6 Å². The number of fused-ring (bicyclic) bond motifs is 3. The first-order valence-electron chi connectivity index (χ1n) is 9.79. The molecule has 0 N–H and O–H groups in total. The third-order valence-electron chi connectivity index (χ3n) is 6.32. The van der Waals surface area contributed by atoms with Crippen molar-refractivity contribution in [3.63, 3.8) is 0 Å². The van der Waals surface area contributed by atoms with Gasteiger partial charge < -0.3 is 19.4 Å². The van der Waals surface area contributed by atoms with Crippen LogP contribution in [0.1, 0.15) is 77.3 Å². The van der Waals surface area contributed by atoms with Crippen LogP contribution in [-0.2, 0) is 26.3 Å². The van der Waals surface area contributed by atoms with E-state index in [4.69, 9.17) is 9.47 Å². The Morgan fingerprint density at radius 2 is 1.59 bits per heavy atom. The van der Waals surface area contributed by atoms with Crippen LogP contribution in [0.4, 0.5) is 0 Å². The Morgan fingerprint density at radius 1 is 1.07 bits per heavy atom. The minimum atomic E-state index is -1.27. The molecule has 0 aromatic heterocycles. The molecule has 0 aliphatic heterocycles. The van der Waals surface area contributed by atoms with E-state index in [1.165, 1.54) is 38.7 Å². The average molecular weight is 382 g/mol. The van der Waals surface area contributed by atoms with Crippen molar-refractivity contribution in [3.05, 3.63) is 35.4 Å². The van der Waals surface area contributed by atoms with Gasteiger partial charge in [-0.1, -0.05) is 24.3 Å². The number of hydrogen-bond donors (Lipinski definition) is 0. The fourth-order valence-electron chi connectivity index (χ4n) is 4.54. The number of carbonyl (C=O) groups is 1. The van der Waals surface area contributed by atoms with Crippen LogP contribution in [-0.4, -0.2) is 23.3 Å². The Bertz CT molecular complexity index is 626. The summed E-state index contributed by atoms with van der Waals surface area (Å²) in [7, 11) is 0. The average Bonchev–Trinajstić information content (AvgIpc) is 2.61. The van der Waals surface area contributed by atoms with Crippen LogP contribution in [0.25, 0.3) is 0 Å². The maximum Gasteiger partial charge on any atom is 1.00 e. The number of rotatable bonds is 7. The van der Waals surface area contributed by atoms with E-state index in [-0.39, 0.29) is 47.2 Å². The standard InChI is InChI=1S/C22H32O4.Na/c1-16(2)26-22-12-9-21(10-13-22,11-14-22)18-7-5-17(6-8-18)15-25-20(3,4)19(23)24;/h5-8,16H,9-15H2,1-4H3,(H,23,24);/q;+1/p-1. The molecular weight excluding hydrogens is 351 g/mol. The van der Waals surface area contributed by atoms with Crippen molar-refractivity contribution in [2.75, 3.05) is 0 Å². The maximum absolute atomic E-state index is 11.0. The quantitative estimate of drug-likeness (QED) is 0.645. The molecule has 1 aromatic rings. The van der Waals surface area contributed by atoms with E-state index in [9.17, 15) is 9.90 Å². The number of carboxylic acid groups (broad SMARTS) is 1. The Morgan fingerprint density at radius 3 is 2.04 bits per heavy atom. The van der Waals surface area contributed by atoms with E-state index in [0.29, 0.717) is 6.10 Å². The molecule has 0 amide bonds. The monoisotopic (exact) mass is 382 g/mol. The van der Waals surface area contributed by atoms with E-state index >= 15 is 0 Å². The molecule has 3 fully saturated rings. The minimum absolute atomic E-state index is 0. The summed E-state index contributed by atoms with van der Waals surface area (Å²) >= 11 is 0. The van der Waals surface area contributed by atoms with E-state index in [1.807, 2.05) is 0 Å². The number of carbonyl (C=O) groups excluding carboxylic acids is 1. The second kappa shape index (κ2) is 8.54. The first-order chi connectivity index (χ1) is 12.2. The predicted molar refractivity (Wildman–Crippen MR) is 98.6 cm³/mol. The molecule has 4 nitrogen and oxygen atoms in total.